The Balaban J connectivity index is 0.000000367. The molecule has 0 aliphatic heterocycles. The van der Waals surface area contributed by atoms with Gasteiger partial charge in [-0.25, -0.2) is 15.0 Å². The Morgan fingerprint density at radius 3 is 0.931 bits per heavy atom. The van der Waals surface area contributed by atoms with E-state index in [1.807, 2.05) is 0 Å². The van der Waals surface area contributed by atoms with Crippen LogP contribution in [0.3, 0.4) is 0 Å². The van der Waals surface area contributed by atoms with Crippen LogP contribution in [0, 0.1) is 0 Å². The molecule has 14 heteroatoms. The monoisotopic (exact) mass is 428 g/mol. The molecule has 0 saturated carbocycles. The number of pyridine rings is 3. The lowest BCUT2D eigenvalue weighted by Crippen LogP contribution is -2.24. The van der Waals surface area contributed by atoms with E-state index in [0.29, 0.717) is 17.5 Å². The quantitative estimate of drug-likeness (QED) is 0.193. The SMILES string of the molecule is Nc1ccc(O)c[nH+]1.Nc1ccc(O)c[nH+]1.Nc1ccc(O)c[nH+]1.O=P([O-])([O-])[O-]. The molecule has 0 saturated heterocycles. The molecule has 12 N–H and O–H groups in total. The summed E-state index contributed by atoms with van der Waals surface area (Å²) in [6.45, 7) is 0. The molecule has 29 heavy (non-hydrogen) atoms. The number of nitrogen functional groups attached to an aromatic ring is 3. The van der Waals surface area contributed by atoms with Crippen molar-refractivity contribution >= 4 is 25.3 Å². The van der Waals surface area contributed by atoms with Crippen LogP contribution in [0.25, 0.3) is 0 Å². The number of aromatic nitrogens is 3. The minimum Gasteiger partial charge on any atom is -0.822 e. The third kappa shape index (κ3) is 17.5. The normalized spacial score (nSPS) is 9.48. The van der Waals surface area contributed by atoms with E-state index in [4.69, 9.17) is 51.8 Å². The van der Waals surface area contributed by atoms with Crippen molar-refractivity contribution in [2.45, 2.75) is 0 Å². The highest BCUT2D eigenvalue weighted by Gasteiger charge is 1.90. The van der Waals surface area contributed by atoms with Crippen LogP contribution in [0.4, 0.5) is 17.5 Å². The van der Waals surface area contributed by atoms with Gasteiger partial charge in [0.15, 0.2) is 17.2 Å². The molecule has 158 valence electrons. The number of nitrogens with one attached hydrogen (secondary N) is 3. The lowest BCUT2D eigenvalue weighted by Gasteiger charge is -2.36. The maximum absolute atomic E-state index is 8.67. The molecule has 0 aromatic carbocycles. The summed E-state index contributed by atoms with van der Waals surface area (Å²) < 4.78 is 8.55. The fraction of sp³-hybridized carbons (Fsp3) is 0. The number of nitrogens with two attached hydrogens (primary N) is 3. The van der Waals surface area contributed by atoms with Gasteiger partial charge in [-0.05, 0) is 18.2 Å². The summed E-state index contributed by atoms with van der Waals surface area (Å²) in [5.41, 5.74) is 15.8. The predicted molar refractivity (Wildman–Crippen MR) is 94.8 cm³/mol. The van der Waals surface area contributed by atoms with Crippen molar-refractivity contribution < 1.29 is 49.5 Å². The van der Waals surface area contributed by atoms with E-state index < -0.39 is 7.82 Å². The Hall–Kier alpha value is -3.64. The molecular weight excluding hydrogens is 407 g/mol. The summed E-state index contributed by atoms with van der Waals surface area (Å²) >= 11 is 0. The average Bonchev–Trinajstić information content (AvgIpc) is 2.62. The zero-order valence-electron chi connectivity index (χ0n) is 14.9. The second-order valence-electron chi connectivity index (χ2n) is 4.95. The van der Waals surface area contributed by atoms with Crippen molar-refractivity contribution in [2.75, 3.05) is 17.2 Å². The lowest BCUT2D eigenvalue weighted by molar-refractivity contribution is -0.432. The fourth-order valence-electron chi connectivity index (χ4n) is 1.29. The van der Waals surface area contributed by atoms with E-state index in [2.05, 4.69) is 15.0 Å². The van der Waals surface area contributed by atoms with Crippen LogP contribution in [0.2, 0.25) is 0 Å². The Morgan fingerprint density at radius 2 is 0.828 bits per heavy atom. The Labute approximate surface area is 165 Å². The maximum atomic E-state index is 8.67. The van der Waals surface area contributed by atoms with Crippen molar-refractivity contribution in [3.05, 3.63) is 55.0 Å². The van der Waals surface area contributed by atoms with Crippen molar-refractivity contribution in [3.8, 4) is 17.2 Å². The standard InChI is InChI=1S/3C5H6N2O.H3O4P/c3*6-5-2-1-4(8)3-7-5;1-5(2,3)4/h3*1-3,8H,(H2,6,7);(H3,1,2,3,4). The number of phosphoric acid groups is 1. The Bertz CT molecular complexity index is 698. The largest absolute Gasteiger partial charge is 0.822 e. The molecule has 0 atom stereocenters. The number of rotatable bonds is 0. The van der Waals surface area contributed by atoms with E-state index in [0.717, 1.165) is 0 Å². The van der Waals surface area contributed by atoms with Gasteiger partial charge in [-0.15, -0.1) is 0 Å². The van der Waals surface area contributed by atoms with Gasteiger partial charge >= 0.3 is 0 Å². The highest BCUT2D eigenvalue weighted by Crippen LogP contribution is 2.04. The van der Waals surface area contributed by atoms with Gasteiger partial charge < -0.3 is 34.6 Å². The molecule has 0 aliphatic carbocycles. The van der Waals surface area contributed by atoms with Gasteiger partial charge in [0.25, 0.3) is 17.5 Å². The molecule has 0 radical (unpaired) electrons. The second kappa shape index (κ2) is 12.7. The van der Waals surface area contributed by atoms with Crippen molar-refractivity contribution in [1.29, 1.82) is 0 Å². The predicted octanol–water partition coefficient (Wildman–Crippen LogP) is -3.46. The van der Waals surface area contributed by atoms with Gasteiger partial charge in [0, 0.05) is 18.2 Å². The van der Waals surface area contributed by atoms with Crippen LogP contribution in [-0.2, 0) is 4.57 Å². The molecule has 0 amide bonds. The number of hydrogen-bond donors (Lipinski definition) is 6. The summed E-state index contributed by atoms with van der Waals surface area (Å²) in [6.07, 6.45) is 4.28. The topological polar surface area (TPSA) is 267 Å². The number of anilines is 3. The maximum Gasteiger partial charge on any atom is 0.270 e. The molecule has 3 aromatic rings. The van der Waals surface area contributed by atoms with Crippen molar-refractivity contribution in [2.24, 2.45) is 0 Å². The summed E-state index contributed by atoms with van der Waals surface area (Å²) in [5.74, 6) is 2.21. The smallest absolute Gasteiger partial charge is 0.270 e. The minimum atomic E-state index is -5.39. The van der Waals surface area contributed by atoms with E-state index in [1.165, 1.54) is 36.8 Å². The molecule has 3 aromatic heterocycles. The van der Waals surface area contributed by atoms with Crippen molar-refractivity contribution in [3.63, 3.8) is 0 Å². The van der Waals surface area contributed by atoms with Crippen LogP contribution < -0.4 is 46.8 Å². The second-order valence-corrected chi connectivity index (χ2v) is 5.85. The van der Waals surface area contributed by atoms with E-state index in [9.17, 15) is 0 Å². The Morgan fingerprint density at radius 1 is 0.621 bits per heavy atom. The molecular formula is C15H21N6O7P. The van der Waals surface area contributed by atoms with Crippen LogP contribution in [0.15, 0.2) is 55.0 Å². The molecule has 3 rings (SSSR count). The van der Waals surface area contributed by atoms with Gasteiger partial charge in [-0.1, -0.05) is 0 Å². The van der Waals surface area contributed by atoms with Gasteiger partial charge in [0.05, 0.1) is 0 Å². The first kappa shape index (κ1) is 25.4. The molecule has 3 heterocycles. The average molecular weight is 428 g/mol. The highest BCUT2D eigenvalue weighted by molar-refractivity contribution is 7.40. The number of aromatic amines is 3. The number of hydrogen-bond acceptors (Lipinski definition) is 10. The summed E-state index contributed by atoms with van der Waals surface area (Å²) in [4.78, 5) is 33.5. The first-order chi connectivity index (χ1) is 13.4. The van der Waals surface area contributed by atoms with Gasteiger partial charge in [-0.3, -0.25) is 17.2 Å². The van der Waals surface area contributed by atoms with E-state index in [-0.39, 0.29) is 17.2 Å². The van der Waals surface area contributed by atoms with Crippen LogP contribution >= 0.6 is 7.82 Å². The first-order valence-corrected chi connectivity index (χ1v) is 8.94. The summed E-state index contributed by atoms with van der Waals surface area (Å²) in [6, 6.07) is 9.34. The molecule has 0 unspecified atom stereocenters. The third-order valence-electron chi connectivity index (χ3n) is 2.46. The fourth-order valence-corrected chi connectivity index (χ4v) is 1.29. The number of aromatic hydroxyl groups is 3. The first-order valence-electron chi connectivity index (χ1n) is 7.48. The van der Waals surface area contributed by atoms with E-state index in [1.54, 1.807) is 18.2 Å². The third-order valence-corrected chi connectivity index (χ3v) is 2.46. The highest BCUT2D eigenvalue weighted by atomic mass is 31.2. The van der Waals surface area contributed by atoms with Gasteiger partial charge in [0.1, 0.15) is 18.6 Å². The van der Waals surface area contributed by atoms with Crippen LogP contribution in [0.1, 0.15) is 0 Å². The Kier molecular flexibility index (Phi) is 11.1. The number of H-pyrrole nitrogens is 3. The minimum absolute atomic E-state index is 0.194. The molecule has 0 bridgehead atoms. The van der Waals surface area contributed by atoms with E-state index >= 15 is 0 Å². The zero-order valence-corrected chi connectivity index (χ0v) is 15.7. The van der Waals surface area contributed by atoms with Crippen molar-refractivity contribution in [1.82, 2.24) is 0 Å². The van der Waals surface area contributed by atoms with Crippen LogP contribution in [-0.4, -0.2) is 15.3 Å². The molecule has 13 nitrogen and oxygen atoms in total. The van der Waals surface area contributed by atoms with Gasteiger partial charge in [0.2, 0.25) is 0 Å². The molecule has 0 aliphatic rings. The molecule has 0 spiro atoms. The summed E-state index contributed by atoms with van der Waals surface area (Å²) in [5, 5.41) is 26.0. The lowest BCUT2D eigenvalue weighted by atomic mass is 10.4. The summed E-state index contributed by atoms with van der Waals surface area (Å²) in [7, 11) is -5.39. The van der Waals surface area contributed by atoms with Crippen LogP contribution in [0.5, 0.6) is 17.2 Å². The zero-order chi connectivity index (χ0) is 22.4. The van der Waals surface area contributed by atoms with Gasteiger partial charge in [-0.2, -0.15) is 7.82 Å². The molecule has 0 fully saturated rings.